The van der Waals surface area contributed by atoms with Gasteiger partial charge >= 0.3 is 5.97 Å². The number of ether oxygens (including phenoxy) is 1. The summed E-state index contributed by atoms with van der Waals surface area (Å²) in [6, 6.07) is 16.7. The summed E-state index contributed by atoms with van der Waals surface area (Å²) >= 11 is 7.93. The normalized spacial score (nSPS) is 13.2. The molecule has 178 valence electrons. The van der Waals surface area contributed by atoms with Crippen LogP contribution in [0.1, 0.15) is 57.3 Å². The smallest absolute Gasteiger partial charge is 0.341 e. The van der Waals surface area contributed by atoms with Gasteiger partial charge in [-0.3, -0.25) is 4.79 Å². The van der Waals surface area contributed by atoms with Crippen LogP contribution >= 0.6 is 22.9 Å². The number of anilines is 1. The highest BCUT2D eigenvalue weighted by Crippen LogP contribution is 2.39. The molecule has 1 amide bonds. The number of thiophene rings is 1. The molecule has 0 saturated heterocycles. The van der Waals surface area contributed by atoms with E-state index >= 15 is 0 Å². The monoisotopic (exact) mass is 504 g/mol. The molecule has 0 radical (unpaired) electrons. The van der Waals surface area contributed by atoms with Gasteiger partial charge in [0.2, 0.25) is 0 Å². The van der Waals surface area contributed by atoms with Crippen molar-refractivity contribution in [1.29, 1.82) is 0 Å². The van der Waals surface area contributed by atoms with Gasteiger partial charge in [0.25, 0.3) is 5.91 Å². The van der Waals surface area contributed by atoms with E-state index in [4.69, 9.17) is 21.3 Å². The van der Waals surface area contributed by atoms with Crippen LogP contribution in [-0.4, -0.2) is 23.5 Å². The van der Waals surface area contributed by atoms with Crippen LogP contribution in [0.25, 0.3) is 22.2 Å². The van der Waals surface area contributed by atoms with Crippen molar-refractivity contribution in [3.05, 3.63) is 81.2 Å². The van der Waals surface area contributed by atoms with E-state index in [1.54, 1.807) is 19.1 Å². The minimum Gasteiger partial charge on any atom is -0.462 e. The lowest BCUT2D eigenvalue weighted by Crippen LogP contribution is -2.16. The van der Waals surface area contributed by atoms with E-state index in [2.05, 4.69) is 5.32 Å². The van der Waals surface area contributed by atoms with Crippen molar-refractivity contribution in [1.82, 2.24) is 4.98 Å². The summed E-state index contributed by atoms with van der Waals surface area (Å²) in [5.41, 5.74) is 4.08. The van der Waals surface area contributed by atoms with Crippen molar-refractivity contribution in [3.8, 4) is 11.3 Å². The molecule has 7 heteroatoms. The first-order valence-corrected chi connectivity index (χ1v) is 13.0. The fourth-order valence-electron chi connectivity index (χ4n) is 4.59. The van der Waals surface area contributed by atoms with E-state index in [0.29, 0.717) is 32.4 Å². The molecule has 5 rings (SSSR count). The van der Waals surface area contributed by atoms with Gasteiger partial charge in [-0.25, -0.2) is 9.78 Å². The van der Waals surface area contributed by atoms with Gasteiger partial charge in [-0.05, 0) is 56.4 Å². The molecular formula is C28H25ClN2O3S. The lowest BCUT2D eigenvalue weighted by molar-refractivity contribution is 0.0527. The number of aryl methyl sites for hydroxylation is 1. The number of amides is 1. The number of nitrogens with zero attached hydrogens (tertiary/aromatic N) is 1. The molecule has 4 aromatic rings. The molecular weight excluding hydrogens is 480 g/mol. The Labute approximate surface area is 213 Å². The fraction of sp³-hybridized carbons (Fsp3) is 0.250. The Morgan fingerprint density at radius 1 is 1.06 bits per heavy atom. The molecule has 0 bridgehead atoms. The van der Waals surface area contributed by atoms with Gasteiger partial charge < -0.3 is 10.1 Å². The number of para-hydroxylation sites is 1. The Kier molecular flexibility index (Phi) is 6.84. The molecule has 0 unspecified atom stereocenters. The molecule has 0 saturated carbocycles. The predicted octanol–water partition coefficient (Wildman–Crippen LogP) is 7.31. The lowest BCUT2D eigenvalue weighted by Gasteiger charge is -2.12. The zero-order valence-electron chi connectivity index (χ0n) is 19.4. The van der Waals surface area contributed by atoms with Gasteiger partial charge in [-0.1, -0.05) is 54.4 Å². The first kappa shape index (κ1) is 23.5. The van der Waals surface area contributed by atoms with Crippen LogP contribution in [0.3, 0.4) is 0 Å². The third kappa shape index (κ3) is 4.68. The Balaban J connectivity index is 1.59. The zero-order valence-corrected chi connectivity index (χ0v) is 21.0. The predicted molar refractivity (Wildman–Crippen MR) is 142 cm³/mol. The molecule has 2 aromatic carbocycles. The van der Waals surface area contributed by atoms with Crippen LogP contribution in [0.2, 0.25) is 5.02 Å². The minimum atomic E-state index is -0.376. The summed E-state index contributed by atoms with van der Waals surface area (Å²) in [7, 11) is 0. The first-order valence-electron chi connectivity index (χ1n) is 11.8. The Hall–Kier alpha value is -3.22. The van der Waals surface area contributed by atoms with E-state index in [1.165, 1.54) is 11.3 Å². The molecule has 0 fully saturated rings. The topological polar surface area (TPSA) is 68.3 Å². The molecule has 0 spiro atoms. The van der Waals surface area contributed by atoms with Crippen molar-refractivity contribution in [2.75, 3.05) is 11.9 Å². The number of aromatic nitrogens is 1. The van der Waals surface area contributed by atoms with E-state index in [-0.39, 0.29) is 18.5 Å². The third-order valence-corrected chi connectivity index (χ3v) is 7.78. The average molecular weight is 505 g/mol. The Bertz CT molecular complexity index is 1430. The minimum absolute atomic E-state index is 0.285. The van der Waals surface area contributed by atoms with Crippen LogP contribution in [-0.2, 0) is 17.6 Å². The van der Waals surface area contributed by atoms with E-state index in [9.17, 15) is 9.59 Å². The van der Waals surface area contributed by atoms with Crippen LogP contribution in [0, 0.1) is 0 Å². The number of carbonyl (C=O) groups excluding carboxylic acids is 2. The molecule has 5 nitrogen and oxygen atoms in total. The molecule has 2 aromatic heterocycles. The molecule has 0 aliphatic heterocycles. The van der Waals surface area contributed by atoms with Crippen molar-refractivity contribution in [2.45, 2.75) is 39.0 Å². The molecule has 0 atom stereocenters. The second kappa shape index (κ2) is 10.2. The number of fused-ring (bicyclic) bond motifs is 2. The number of benzene rings is 2. The zero-order chi connectivity index (χ0) is 24.4. The van der Waals surface area contributed by atoms with Crippen LogP contribution in [0.4, 0.5) is 5.00 Å². The van der Waals surface area contributed by atoms with Gasteiger partial charge in [-0.2, -0.15) is 0 Å². The second-order valence-corrected chi connectivity index (χ2v) is 10.0. The number of pyridine rings is 1. The van der Waals surface area contributed by atoms with E-state index in [0.717, 1.165) is 53.5 Å². The maximum atomic E-state index is 13.7. The van der Waals surface area contributed by atoms with Gasteiger partial charge in [0.15, 0.2) is 0 Å². The Morgan fingerprint density at radius 2 is 1.83 bits per heavy atom. The average Bonchev–Trinajstić information content (AvgIpc) is 3.03. The van der Waals surface area contributed by atoms with Gasteiger partial charge in [0.1, 0.15) is 5.00 Å². The van der Waals surface area contributed by atoms with Gasteiger partial charge in [0, 0.05) is 20.8 Å². The molecule has 2 heterocycles. The molecule has 35 heavy (non-hydrogen) atoms. The van der Waals surface area contributed by atoms with Crippen LogP contribution in [0.15, 0.2) is 54.6 Å². The van der Waals surface area contributed by atoms with Crippen molar-refractivity contribution in [2.24, 2.45) is 0 Å². The highest BCUT2D eigenvalue weighted by molar-refractivity contribution is 7.17. The van der Waals surface area contributed by atoms with Crippen LogP contribution in [0.5, 0.6) is 0 Å². The maximum Gasteiger partial charge on any atom is 0.341 e. The summed E-state index contributed by atoms with van der Waals surface area (Å²) in [6.45, 7) is 2.08. The molecule has 1 aliphatic rings. The number of rotatable bonds is 5. The SMILES string of the molecule is CCOC(=O)c1c(NC(=O)c2cc(-c3ccccc3Cl)nc3ccccc23)sc2c1CCCCC2. The standard InChI is InChI=1S/C28H25ClN2O3S/c1-2-34-28(33)25-19-12-4-3-5-15-24(19)35-27(25)31-26(32)20-16-23(18-11-6-8-13-21(18)29)30-22-14-9-7-10-17(20)22/h6-11,13-14,16H,2-5,12,15H2,1H3,(H,31,32). The summed E-state index contributed by atoms with van der Waals surface area (Å²) in [4.78, 5) is 32.5. The van der Waals surface area contributed by atoms with Crippen molar-refractivity contribution in [3.63, 3.8) is 0 Å². The second-order valence-electron chi connectivity index (χ2n) is 8.50. The maximum absolute atomic E-state index is 13.7. The largest absolute Gasteiger partial charge is 0.462 e. The third-order valence-electron chi connectivity index (χ3n) is 6.24. The van der Waals surface area contributed by atoms with E-state index < -0.39 is 0 Å². The number of esters is 1. The number of halogens is 1. The Morgan fingerprint density at radius 3 is 2.66 bits per heavy atom. The number of hydrogen-bond acceptors (Lipinski definition) is 5. The van der Waals surface area contributed by atoms with Gasteiger partial charge in [-0.15, -0.1) is 11.3 Å². The highest BCUT2D eigenvalue weighted by atomic mass is 35.5. The number of nitrogens with one attached hydrogen (secondary N) is 1. The summed E-state index contributed by atoms with van der Waals surface area (Å²) in [5, 5.41) is 4.90. The van der Waals surface area contributed by atoms with Crippen molar-refractivity contribution >= 4 is 50.7 Å². The van der Waals surface area contributed by atoms with Crippen LogP contribution < -0.4 is 5.32 Å². The number of hydrogen-bond donors (Lipinski definition) is 1. The summed E-state index contributed by atoms with van der Waals surface area (Å²) < 4.78 is 5.37. The fourth-order valence-corrected chi connectivity index (χ4v) is 6.10. The first-order chi connectivity index (χ1) is 17.1. The molecule has 1 aliphatic carbocycles. The highest BCUT2D eigenvalue weighted by Gasteiger charge is 2.27. The quantitative estimate of drug-likeness (QED) is 0.228. The van der Waals surface area contributed by atoms with Gasteiger partial charge in [0.05, 0.1) is 28.9 Å². The molecule has 1 N–H and O–H groups in total. The summed E-state index contributed by atoms with van der Waals surface area (Å²) in [5.74, 6) is -0.669. The lowest BCUT2D eigenvalue weighted by atomic mass is 10.0. The number of carbonyl (C=O) groups is 2. The van der Waals surface area contributed by atoms with E-state index in [1.807, 2.05) is 42.5 Å². The summed E-state index contributed by atoms with van der Waals surface area (Å²) in [6.07, 6.45) is 4.99. The van der Waals surface area contributed by atoms with Crippen molar-refractivity contribution < 1.29 is 14.3 Å².